The van der Waals surface area contributed by atoms with E-state index in [1.54, 1.807) is 27.9 Å². The second-order valence-corrected chi connectivity index (χ2v) is 9.04. The van der Waals surface area contributed by atoms with Gasteiger partial charge in [-0.15, -0.1) is 0 Å². The van der Waals surface area contributed by atoms with Crippen molar-refractivity contribution in [3.63, 3.8) is 0 Å². The molecule has 0 N–H and O–H groups in total. The average molecular weight is 456 g/mol. The van der Waals surface area contributed by atoms with Crippen LogP contribution in [0.4, 0.5) is 4.79 Å². The van der Waals surface area contributed by atoms with Gasteiger partial charge >= 0.3 is 12.1 Å². The Kier molecular flexibility index (Phi) is 7.51. The highest BCUT2D eigenvalue weighted by Gasteiger charge is 2.39. The van der Waals surface area contributed by atoms with Gasteiger partial charge in [-0.1, -0.05) is 19.1 Å². The molecule has 7 nitrogen and oxygen atoms in total. The van der Waals surface area contributed by atoms with Gasteiger partial charge in [-0.05, 0) is 80.1 Å². The molecule has 0 aliphatic carbocycles. The zero-order valence-electron chi connectivity index (χ0n) is 20.3. The number of methoxy groups -OCH3 is 2. The van der Waals surface area contributed by atoms with Gasteiger partial charge in [-0.25, -0.2) is 9.59 Å². The number of aryl methyl sites for hydroxylation is 1. The van der Waals surface area contributed by atoms with Crippen LogP contribution < -0.4 is 9.47 Å². The molecule has 0 saturated carbocycles. The molecule has 0 spiro atoms. The van der Waals surface area contributed by atoms with Crippen molar-refractivity contribution in [1.82, 2.24) is 4.90 Å². The van der Waals surface area contributed by atoms with Crippen LogP contribution in [0.1, 0.15) is 56.0 Å². The van der Waals surface area contributed by atoms with Crippen LogP contribution >= 0.6 is 0 Å². The zero-order chi connectivity index (χ0) is 24.2. The SMILES string of the molecule is CCc1cc(COc2ccc3c(c2)CCN(C(=O)OC(C)(C)C)[C@H]3C(=O)OC)cc(OC)c1. The van der Waals surface area contributed by atoms with Crippen molar-refractivity contribution in [3.8, 4) is 11.5 Å². The number of carbonyl (C=O) groups is 2. The molecule has 0 saturated heterocycles. The molecule has 178 valence electrons. The van der Waals surface area contributed by atoms with Gasteiger partial charge in [0.1, 0.15) is 23.7 Å². The first-order valence-electron chi connectivity index (χ1n) is 11.1. The first-order chi connectivity index (χ1) is 15.6. The Hall–Kier alpha value is -3.22. The second kappa shape index (κ2) is 10.1. The first kappa shape index (κ1) is 24.4. The van der Waals surface area contributed by atoms with E-state index in [4.69, 9.17) is 18.9 Å². The molecule has 1 aliphatic rings. The number of fused-ring (bicyclic) bond motifs is 1. The van der Waals surface area contributed by atoms with E-state index >= 15 is 0 Å². The van der Waals surface area contributed by atoms with E-state index in [1.165, 1.54) is 17.6 Å². The van der Waals surface area contributed by atoms with Crippen molar-refractivity contribution in [2.24, 2.45) is 0 Å². The van der Waals surface area contributed by atoms with Crippen LogP contribution in [0.2, 0.25) is 0 Å². The summed E-state index contributed by atoms with van der Waals surface area (Å²) in [5.41, 5.74) is 3.21. The molecule has 0 bridgehead atoms. The first-order valence-corrected chi connectivity index (χ1v) is 11.1. The molecule has 2 aromatic carbocycles. The third kappa shape index (κ3) is 5.97. The van der Waals surface area contributed by atoms with E-state index in [0.717, 1.165) is 28.9 Å². The summed E-state index contributed by atoms with van der Waals surface area (Å²) in [5, 5.41) is 0. The molecule has 33 heavy (non-hydrogen) atoms. The quantitative estimate of drug-likeness (QED) is 0.580. The van der Waals surface area contributed by atoms with E-state index in [9.17, 15) is 9.59 Å². The van der Waals surface area contributed by atoms with Crippen molar-refractivity contribution >= 4 is 12.1 Å². The van der Waals surface area contributed by atoms with Crippen molar-refractivity contribution in [2.75, 3.05) is 20.8 Å². The molecule has 1 aliphatic heterocycles. The molecule has 1 heterocycles. The lowest BCUT2D eigenvalue weighted by molar-refractivity contribution is -0.147. The minimum Gasteiger partial charge on any atom is -0.497 e. The van der Waals surface area contributed by atoms with E-state index in [1.807, 2.05) is 30.3 Å². The highest BCUT2D eigenvalue weighted by atomic mass is 16.6. The molecule has 0 unspecified atom stereocenters. The maximum absolute atomic E-state index is 12.7. The number of nitrogens with zero attached hydrogens (tertiary/aromatic N) is 1. The fourth-order valence-corrected chi connectivity index (χ4v) is 3.88. The topological polar surface area (TPSA) is 74.3 Å². The number of ether oxygens (including phenoxy) is 4. The number of carbonyl (C=O) groups excluding carboxylic acids is 2. The summed E-state index contributed by atoms with van der Waals surface area (Å²) in [4.78, 5) is 26.8. The van der Waals surface area contributed by atoms with Gasteiger partial charge in [0.2, 0.25) is 0 Å². The zero-order valence-corrected chi connectivity index (χ0v) is 20.3. The van der Waals surface area contributed by atoms with Gasteiger partial charge in [-0.2, -0.15) is 0 Å². The van der Waals surface area contributed by atoms with Crippen LogP contribution in [0.15, 0.2) is 36.4 Å². The fourth-order valence-electron chi connectivity index (χ4n) is 3.88. The highest BCUT2D eigenvalue weighted by molar-refractivity contribution is 5.84. The molecular weight excluding hydrogens is 422 g/mol. The Morgan fingerprint density at radius 3 is 2.39 bits per heavy atom. The van der Waals surface area contributed by atoms with Crippen LogP contribution in [0.25, 0.3) is 0 Å². The lowest BCUT2D eigenvalue weighted by atomic mass is 9.92. The number of hydrogen-bond acceptors (Lipinski definition) is 6. The third-order valence-corrected chi connectivity index (χ3v) is 5.47. The van der Waals surface area contributed by atoms with Crippen molar-refractivity contribution in [3.05, 3.63) is 58.7 Å². The maximum atomic E-state index is 12.7. The molecule has 1 atom stereocenters. The molecule has 3 rings (SSSR count). The normalized spacial score (nSPS) is 15.5. The predicted molar refractivity (Wildman–Crippen MR) is 125 cm³/mol. The Morgan fingerprint density at radius 2 is 1.76 bits per heavy atom. The second-order valence-electron chi connectivity index (χ2n) is 9.04. The van der Waals surface area contributed by atoms with Gasteiger partial charge in [0, 0.05) is 6.54 Å². The van der Waals surface area contributed by atoms with Gasteiger partial charge in [0.25, 0.3) is 0 Å². The number of esters is 1. The van der Waals surface area contributed by atoms with Gasteiger partial charge < -0.3 is 18.9 Å². The summed E-state index contributed by atoms with van der Waals surface area (Å²) < 4.78 is 21.9. The van der Waals surface area contributed by atoms with Crippen LogP contribution in [-0.4, -0.2) is 43.3 Å². The molecule has 2 aromatic rings. The molecular formula is C26H33NO6. The predicted octanol–water partition coefficient (Wildman–Crippen LogP) is 4.84. The number of benzene rings is 2. The van der Waals surface area contributed by atoms with E-state index in [-0.39, 0.29) is 0 Å². The summed E-state index contributed by atoms with van der Waals surface area (Å²) in [6, 6.07) is 10.8. The largest absolute Gasteiger partial charge is 0.497 e. The lowest BCUT2D eigenvalue weighted by Crippen LogP contribution is -2.46. The molecule has 0 fully saturated rings. The van der Waals surface area contributed by atoms with E-state index in [0.29, 0.717) is 25.3 Å². The molecule has 0 aromatic heterocycles. The van der Waals surface area contributed by atoms with Crippen LogP contribution in [0, 0.1) is 0 Å². The Morgan fingerprint density at radius 1 is 1.03 bits per heavy atom. The summed E-state index contributed by atoms with van der Waals surface area (Å²) in [6.45, 7) is 8.23. The smallest absolute Gasteiger partial charge is 0.411 e. The lowest BCUT2D eigenvalue weighted by Gasteiger charge is -2.36. The fraction of sp³-hybridized carbons (Fsp3) is 0.462. The molecule has 0 radical (unpaired) electrons. The summed E-state index contributed by atoms with van der Waals surface area (Å²) >= 11 is 0. The number of amides is 1. The number of hydrogen-bond donors (Lipinski definition) is 0. The van der Waals surface area contributed by atoms with Crippen LogP contribution in [-0.2, 0) is 33.7 Å². The average Bonchev–Trinajstić information content (AvgIpc) is 2.79. The minimum atomic E-state index is -0.854. The van der Waals surface area contributed by atoms with E-state index in [2.05, 4.69) is 13.0 Å². The third-order valence-electron chi connectivity index (χ3n) is 5.47. The Balaban J connectivity index is 1.81. The Bertz CT molecular complexity index is 988. The van der Waals surface area contributed by atoms with Gasteiger partial charge in [0.15, 0.2) is 6.04 Å². The monoisotopic (exact) mass is 455 g/mol. The summed E-state index contributed by atoms with van der Waals surface area (Å²) in [7, 11) is 2.97. The summed E-state index contributed by atoms with van der Waals surface area (Å²) in [5.74, 6) is 1.00. The van der Waals surface area contributed by atoms with E-state index < -0.39 is 23.7 Å². The van der Waals surface area contributed by atoms with Crippen LogP contribution in [0.5, 0.6) is 11.5 Å². The standard InChI is InChI=1S/C26H33NO6/c1-7-17-12-18(14-21(13-17)30-5)16-32-20-8-9-22-19(15-20)10-11-27(23(22)24(28)31-6)25(29)33-26(2,3)4/h8-9,12-15,23H,7,10-11,16H2,1-6H3/t23-/m1/s1. The summed E-state index contributed by atoms with van der Waals surface area (Å²) in [6.07, 6.45) is 0.957. The van der Waals surface area contributed by atoms with Gasteiger partial charge in [0.05, 0.1) is 14.2 Å². The molecule has 1 amide bonds. The maximum Gasteiger partial charge on any atom is 0.411 e. The Labute approximate surface area is 195 Å². The van der Waals surface area contributed by atoms with Crippen molar-refractivity contribution in [2.45, 2.75) is 58.8 Å². The van der Waals surface area contributed by atoms with Gasteiger partial charge in [-0.3, -0.25) is 4.90 Å². The van der Waals surface area contributed by atoms with Crippen molar-refractivity contribution < 1.29 is 28.5 Å². The van der Waals surface area contributed by atoms with Crippen molar-refractivity contribution in [1.29, 1.82) is 0 Å². The molecule has 7 heteroatoms. The minimum absolute atomic E-state index is 0.348. The van der Waals surface area contributed by atoms with Crippen LogP contribution in [0.3, 0.4) is 0 Å². The number of rotatable bonds is 6. The highest BCUT2D eigenvalue weighted by Crippen LogP contribution is 2.34.